The minimum atomic E-state index is -0.827. The second-order valence-corrected chi connectivity index (χ2v) is 6.92. The quantitative estimate of drug-likeness (QED) is 0.832. The molecule has 1 heterocycles. The number of nitrogens with zero attached hydrogens (tertiary/aromatic N) is 2. The molecular formula is C15H23N3O2. The van der Waals surface area contributed by atoms with Crippen molar-refractivity contribution in [2.45, 2.75) is 57.2 Å². The van der Waals surface area contributed by atoms with Crippen molar-refractivity contribution in [3.8, 4) is 6.07 Å². The van der Waals surface area contributed by atoms with Gasteiger partial charge >= 0.3 is 0 Å². The van der Waals surface area contributed by atoms with E-state index < -0.39 is 5.54 Å². The molecule has 5 nitrogen and oxygen atoms in total. The van der Waals surface area contributed by atoms with Crippen molar-refractivity contribution >= 4 is 5.91 Å². The van der Waals surface area contributed by atoms with Crippen LogP contribution in [0.4, 0.5) is 0 Å². The Morgan fingerprint density at radius 3 is 2.75 bits per heavy atom. The van der Waals surface area contributed by atoms with Crippen LogP contribution < -0.4 is 5.73 Å². The molecule has 2 saturated carbocycles. The maximum absolute atomic E-state index is 13.0. The molecule has 3 atom stereocenters. The first kappa shape index (κ1) is 13.8. The summed E-state index contributed by atoms with van der Waals surface area (Å²) in [5.74, 6) is 0.167. The molecule has 0 spiro atoms. The van der Waals surface area contributed by atoms with Gasteiger partial charge in [0.25, 0.3) is 0 Å². The fourth-order valence-corrected chi connectivity index (χ4v) is 4.06. The van der Waals surface area contributed by atoms with E-state index in [9.17, 15) is 4.79 Å². The lowest BCUT2D eigenvalue weighted by atomic mass is 9.47. The predicted octanol–water partition coefficient (Wildman–Crippen LogP) is 1.03. The van der Waals surface area contributed by atoms with E-state index in [-0.39, 0.29) is 23.3 Å². The van der Waals surface area contributed by atoms with Crippen LogP contribution in [0.3, 0.4) is 0 Å². The molecule has 3 fully saturated rings. The minimum absolute atomic E-state index is 0.0343. The molecule has 3 rings (SSSR count). The van der Waals surface area contributed by atoms with Gasteiger partial charge in [-0.05, 0) is 19.3 Å². The molecule has 3 unspecified atom stereocenters. The van der Waals surface area contributed by atoms with Crippen LogP contribution in [0.1, 0.15) is 39.5 Å². The number of carbonyl (C=O) groups excluding carboxylic acids is 1. The number of nitriles is 1. The lowest BCUT2D eigenvalue weighted by Crippen LogP contribution is -2.80. The first-order chi connectivity index (χ1) is 9.44. The van der Waals surface area contributed by atoms with E-state index >= 15 is 0 Å². The zero-order chi connectivity index (χ0) is 14.5. The lowest BCUT2D eigenvalue weighted by Gasteiger charge is -2.61. The zero-order valence-electron chi connectivity index (χ0n) is 12.3. The molecule has 0 aromatic carbocycles. The van der Waals surface area contributed by atoms with E-state index in [1.54, 1.807) is 0 Å². The van der Waals surface area contributed by atoms with Crippen LogP contribution in [-0.2, 0) is 9.53 Å². The molecule has 1 aliphatic heterocycles. The number of hydrogen-bond donors (Lipinski definition) is 1. The third-order valence-electron chi connectivity index (χ3n) is 5.52. The molecule has 0 aromatic heterocycles. The summed E-state index contributed by atoms with van der Waals surface area (Å²) in [7, 11) is 0. The number of amides is 1. The van der Waals surface area contributed by atoms with Crippen LogP contribution in [-0.4, -0.2) is 41.6 Å². The third kappa shape index (κ3) is 1.64. The third-order valence-corrected chi connectivity index (χ3v) is 5.52. The van der Waals surface area contributed by atoms with Gasteiger partial charge in [0, 0.05) is 30.5 Å². The molecule has 2 aliphatic carbocycles. The lowest BCUT2D eigenvalue weighted by molar-refractivity contribution is -0.184. The first-order valence-corrected chi connectivity index (χ1v) is 7.53. The van der Waals surface area contributed by atoms with Crippen LogP contribution >= 0.6 is 0 Å². The van der Waals surface area contributed by atoms with E-state index in [4.69, 9.17) is 15.7 Å². The highest BCUT2D eigenvalue weighted by atomic mass is 16.5. The van der Waals surface area contributed by atoms with Crippen molar-refractivity contribution in [1.29, 1.82) is 5.26 Å². The summed E-state index contributed by atoms with van der Waals surface area (Å²) in [6, 6.07) is 2.43. The molecule has 2 N–H and O–H groups in total. The van der Waals surface area contributed by atoms with E-state index in [1.165, 1.54) is 0 Å². The maximum Gasteiger partial charge on any atom is 0.243 e. The van der Waals surface area contributed by atoms with Crippen molar-refractivity contribution in [3.05, 3.63) is 0 Å². The van der Waals surface area contributed by atoms with Crippen LogP contribution in [0.15, 0.2) is 0 Å². The average Bonchev–Trinajstić information content (AvgIpc) is 3.14. The second kappa shape index (κ2) is 4.44. The van der Waals surface area contributed by atoms with Gasteiger partial charge in [-0.25, -0.2) is 0 Å². The van der Waals surface area contributed by atoms with Gasteiger partial charge in [0.2, 0.25) is 5.91 Å². The molecule has 0 bridgehead atoms. The van der Waals surface area contributed by atoms with Crippen molar-refractivity contribution in [1.82, 2.24) is 4.90 Å². The summed E-state index contributed by atoms with van der Waals surface area (Å²) < 4.78 is 5.75. The van der Waals surface area contributed by atoms with Crippen molar-refractivity contribution in [2.75, 3.05) is 13.2 Å². The highest BCUT2D eigenvalue weighted by Gasteiger charge is 2.72. The van der Waals surface area contributed by atoms with Crippen LogP contribution in [0.2, 0.25) is 0 Å². The Bertz CT molecular complexity index is 466. The predicted molar refractivity (Wildman–Crippen MR) is 73.5 cm³/mol. The largest absolute Gasteiger partial charge is 0.377 e. The van der Waals surface area contributed by atoms with Gasteiger partial charge in [-0.3, -0.25) is 4.79 Å². The summed E-state index contributed by atoms with van der Waals surface area (Å²) >= 11 is 0. The molecule has 0 radical (unpaired) electrons. The molecule has 1 amide bonds. The molecule has 5 heteroatoms. The molecule has 0 aromatic rings. The van der Waals surface area contributed by atoms with E-state index in [0.29, 0.717) is 25.6 Å². The van der Waals surface area contributed by atoms with Crippen LogP contribution in [0.5, 0.6) is 0 Å². The Hall–Kier alpha value is -1.12. The Labute approximate surface area is 120 Å². The highest BCUT2D eigenvalue weighted by Crippen LogP contribution is 2.59. The average molecular weight is 277 g/mol. The SMILES string of the molecule is CC1(C)C2OCCC2C1(N)C(=O)N(CCC#N)C1CC1. The highest BCUT2D eigenvalue weighted by molar-refractivity contribution is 5.90. The molecule has 110 valence electrons. The topological polar surface area (TPSA) is 79.3 Å². The number of carbonyl (C=O) groups is 1. The standard InChI is InChI=1S/C15H23N3O2/c1-14(2)12-11(6-9-20-12)15(14,17)13(19)18(8-3-7-16)10-4-5-10/h10-12H,3-6,8-9,17H2,1-2H3. The monoisotopic (exact) mass is 277 g/mol. The smallest absolute Gasteiger partial charge is 0.243 e. The van der Waals surface area contributed by atoms with Gasteiger partial charge in [0.05, 0.1) is 18.6 Å². The van der Waals surface area contributed by atoms with E-state index in [1.807, 2.05) is 18.7 Å². The van der Waals surface area contributed by atoms with Gasteiger partial charge in [0.1, 0.15) is 5.54 Å². The summed E-state index contributed by atoms with van der Waals surface area (Å²) in [5.41, 5.74) is 5.44. The van der Waals surface area contributed by atoms with Crippen LogP contribution in [0, 0.1) is 22.7 Å². The molecule has 1 saturated heterocycles. The summed E-state index contributed by atoms with van der Waals surface area (Å²) in [6.45, 7) is 5.28. The van der Waals surface area contributed by atoms with Gasteiger partial charge in [0.15, 0.2) is 0 Å². The Balaban J connectivity index is 1.83. The van der Waals surface area contributed by atoms with E-state index in [2.05, 4.69) is 6.07 Å². The maximum atomic E-state index is 13.0. The molecule has 20 heavy (non-hydrogen) atoms. The molecule has 3 aliphatic rings. The van der Waals surface area contributed by atoms with Gasteiger partial charge < -0.3 is 15.4 Å². The Morgan fingerprint density at radius 1 is 1.45 bits per heavy atom. The first-order valence-electron chi connectivity index (χ1n) is 7.53. The van der Waals surface area contributed by atoms with Crippen molar-refractivity contribution in [2.24, 2.45) is 17.1 Å². The molecular weight excluding hydrogens is 254 g/mol. The second-order valence-electron chi connectivity index (χ2n) is 6.92. The number of hydrogen-bond acceptors (Lipinski definition) is 4. The minimum Gasteiger partial charge on any atom is -0.377 e. The van der Waals surface area contributed by atoms with Gasteiger partial charge in [-0.2, -0.15) is 5.26 Å². The van der Waals surface area contributed by atoms with Crippen molar-refractivity contribution < 1.29 is 9.53 Å². The van der Waals surface area contributed by atoms with Gasteiger partial charge in [-0.15, -0.1) is 0 Å². The fraction of sp³-hybridized carbons (Fsp3) is 0.867. The van der Waals surface area contributed by atoms with E-state index in [0.717, 1.165) is 19.3 Å². The Morgan fingerprint density at radius 2 is 2.15 bits per heavy atom. The summed E-state index contributed by atoms with van der Waals surface area (Å²) in [4.78, 5) is 14.9. The fourth-order valence-electron chi connectivity index (χ4n) is 4.06. The summed E-state index contributed by atoms with van der Waals surface area (Å²) in [6.07, 6.45) is 3.43. The normalized spacial score (nSPS) is 37.7. The summed E-state index contributed by atoms with van der Waals surface area (Å²) in [5, 5.41) is 8.79. The number of fused-ring (bicyclic) bond motifs is 1. The number of nitrogens with two attached hydrogens (primary N) is 1. The number of ether oxygens (including phenoxy) is 1. The zero-order valence-corrected chi connectivity index (χ0v) is 12.3. The Kier molecular flexibility index (Phi) is 3.07. The van der Waals surface area contributed by atoms with Crippen molar-refractivity contribution in [3.63, 3.8) is 0 Å². The number of rotatable bonds is 4. The van der Waals surface area contributed by atoms with Crippen LogP contribution in [0.25, 0.3) is 0 Å². The van der Waals surface area contributed by atoms with Gasteiger partial charge in [-0.1, -0.05) is 13.8 Å².